The van der Waals surface area contributed by atoms with E-state index < -0.39 is 34.6 Å². The number of hydrogen-bond donors (Lipinski definition) is 2. The third kappa shape index (κ3) is 3.43. The maximum atomic E-state index is 13.8. The molecule has 2 aromatic rings. The molecule has 158 valence electrons. The van der Waals surface area contributed by atoms with Crippen LogP contribution < -0.4 is 10.7 Å². The van der Waals surface area contributed by atoms with E-state index in [9.17, 15) is 28.3 Å². The highest BCUT2D eigenvalue weighted by Crippen LogP contribution is 2.28. The minimum Gasteiger partial charge on any atom is -0.503 e. The zero-order valence-corrected chi connectivity index (χ0v) is 16.0. The fourth-order valence-corrected chi connectivity index (χ4v) is 3.77. The van der Waals surface area contributed by atoms with Gasteiger partial charge in [-0.1, -0.05) is 6.07 Å². The number of halogens is 2. The first-order valence-corrected chi connectivity index (χ1v) is 9.37. The van der Waals surface area contributed by atoms with Crippen LogP contribution in [-0.2, 0) is 17.8 Å². The molecule has 2 aliphatic rings. The predicted molar refractivity (Wildman–Crippen MR) is 99.9 cm³/mol. The Balaban J connectivity index is 1.61. The second-order valence-corrected chi connectivity index (χ2v) is 7.41. The van der Waals surface area contributed by atoms with Crippen LogP contribution in [0.25, 0.3) is 0 Å². The number of carbonyl (C=O) groups is 2. The van der Waals surface area contributed by atoms with E-state index in [2.05, 4.69) is 5.32 Å². The Morgan fingerprint density at radius 2 is 2.10 bits per heavy atom. The van der Waals surface area contributed by atoms with E-state index in [1.807, 2.05) is 6.92 Å². The van der Waals surface area contributed by atoms with Crippen LogP contribution in [0.4, 0.5) is 8.78 Å². The van der Waals surface area contributed by atoms with Gasteiger partial charge in [-0.2, -0.15) is 0 Å². The van der Waals surface area contributed by atoms with E-state index in [0.29, 0.717) is 12.5 Å². The summed E-state index contributed by atoms with van der Waals surface area (Å²) in [7, 11) is 0. The van der Waals surface area contributed by atoms with Crippen molar-refractivity contribution in [3.05, 3.63) is 63.1 Å². The zero-order chi connectivity index (χ0) is 21.6. The lowest BCUT2D eigenvalue weighted by Gasteiger charge is -2.42. The summed E-state index contributed by atoms with van der Waals surface area (Å²) in [6, 6.07) is 2.73. The number of aromatic hydroxyl groups is 1. The molecular weight excluding hydrogens is 400 g/mol. The molecule has 2 N–H and O–H groups in total. The van der Waals surface area contributed by atoms with Gasteiger partial charge in [-0.05, 0) is 19.4 Å². The normalized spacial score (nSPS) is 20.5. The van der Waals surface area contributed by atoms with Gasteiger partial charge in [0.1, 0.15) is 23.9 Å². The number of amides is 2. The summed E-state index contributed by atoms with van der Waals surface area (Å²) in [4.78, 5) is 39.2. The number of pyridine rings is 1. The second kappa shape index (κ2) is 7.52. The van der Waals surface area contributed by atoms with Crippen molar-refractivity contribution < 1.29 is 28.2 Å². The number of hydrogen-bond acceptors (Lipinski definition) is 5. The lowest BCUT2D eigenvalue weighted by molar-refractivity contribution is -0.0805. The quantitative estimate of drug-likeness (QED) is 0.782. The van der Waals surface area contributed by atoms with E-state index >= 15 is 0 Å². The number of fused-ring (bicyclic) bond motifs is 2. The molecule has 3 heterocycles. The molecule has 1 fully saturated rings. The van der Waals surface area contributed by atoms with Crippen molar-refractivity contribution in [1.82, 2.24) is 14.8 Å². The number of nitrogens with zero attached hydrogens (tertiary/aromatic N) is 2. The predicted octanol–water partition coefficient (Wildman–Crippen LogP) is 1.35. The highest BCUT2D eigenvalue weighted by atomic mass is 19.1. The highest BCUT2D eigenvalue weighted by molar-refractivity contribution is 5.99. The number of nitrogens with one attached hydrogen (secondary N) is 1. The summed E-state index contributed by atoms with van der Waals surface area (Å²) in [6.45, 7) is 1.95. The monoisotopic (exact) mass is 419 g/mol. The van der Waals surface area contributed by atoms with E-state index in [1.165, 1.54) is 21.7 Å². The van der Waals surface area contributed by atoms with Gasteiger partial charge in [-0.3, -0.25) is 14.4 Å². The molecule has 0 bridgehead atoms. The molecule has 0 aliphatic carbocycles. The van der Waals surface area contributed by atoms with Gasteiger partial charge in [0.05, 0.1) is 12.1 Å². The molecule has 4 rings (SSSR count). The number of rotatable bonds is 3. The summed E-state index contributed by atoms with van der Waals surface area (Å²) in [5, 5.41) is 12.7. The summed E-state index contributed by atoms with van der Waals surface area (Å²) >= 11 is 0. The number of aromatic nitrogens is 1. The van der Waals surface area contributed by atoms with Crippen LogP contribution in [-0.4, -0.2) is 45.3 Å². The van der Waals surface area contributed by atoms with Crippen molar-refractivity contribution in [3.8, 4) is 5.75 Å². The second-order valence-electron chi connectivity index (χ2n) is 7.41. The largest absolute Gasteiger partial charge is 0.503 e. The van der Waals surface area contributed by atoms with Gasteiger partial charge >= 0.3 is 0 Å². The Morgan fingerprint density at radius 3 is 2.83 bits per heavy atom. The van der Waals surface area contributed by atoms with Crippen LogP contribution in [0.1, 0.15) is 39.8 Å². The molecule has 0 saturated carbocycles. The smallest absolute Gasteiger partial charge is 0.276 e. The summed E-state index contributed by atoms with van der Waals surface area (Å²) in [5.74, 6) is -3.79. The van der Waals surface area contributed by atoms with E-state index in [0.717, 1.165) is 6.07 Å². The highest BCUT2D eigenvalue weighted by Gasteiger charge is 2.39. The van der Waals surface area contributed by atoms with E-state index in [1.54, 1.807) is 0 Å². The molecule has 2 atom stereocenters. The first kappa shape index (κ1) is 20.0. The van der Waals surface area contributed by atoms with Gasteiger partial charge in [-0.15, -0.1) is 0 Å². The van der Waals surface area contributed by atoms with Gasteiger partial charge in [0.2, 0.25) is 5.43 Å². The van der Waals surface area contributed by atoms with Crippen LogP contribution in [0.3, 0.4) is 0 Å². The van der Waals surface area contributed by atoms with Crippen LogP contribution in [0, 0.1) is 11.6 Å². The third-order valence-electron chi connectivity index (χ3n) is 5.37. The van der Waals surface area contributed by atoms with Crippen LogP contribution in [0.15, 0.2) is 29.2 Å². The van der Waals surface area contributed by atoms with Gasteiger partial charge in [0.25, 0.3) is 11.8 Å². The molecule has 8 nitrogen and oxygen atoms in total. The molecule has 1 aromatic heterocycles. The Hall–Kier alpha value is -3.27. The van der Waals surface area contributed by atoms with Crippen molar-refractivity contribution in [2.45, 2.75) is 38.6 Å². The topological polar surface area (TPSA) is 101 Å². The van der Waals surface area contributed by atoms with Crippen molar-refractivity contribution in [2.24, 2.45) is 0 Å². The molecule has 0 spiro atoms. The van der Waals surface area contributed by atoms with Crippen LogP contribution >= 0.6 is 0 Å². The number of benzene rings is 1. The summed E-state index contributed by atoms with van der Waals surface area (Å²) in [6.07, 6.45) is 1.74. The lowest BCUT2D eigenvalue weighted by Crippen LogP contribution is -2.54. The van der Waals surface area contributed by atoms with Crippen molar-refractivity contribution in [1.29, 1.82) is 0 Å². The number of carbonyl (C=O) groups excluding carboxylic acids is 2. The van der Waals surface area contributed by atoms with Crippen LogP contribution in [0.2, 0.25) is 0 Å². The molecule has 2 amide bonds. The fourth-order valence-electron chi connectivity index (χ4n) is 3.77. The van der Waals surface area contributed by atoms with Gasteiger partial charge in [0, 0.05) is 30.9 Å². The van der Waals surface area contributed by atoms with Gasteiger partial charge in [-0.25, -0.2) is 8.78 Å². The summed E-state index contributed by atoms with van der Waals surface area (Å²) < 4.78 is 33.6. The maximum Gasteiger partial charge on any atom is 0.276 e. The average molecular weight is 419 g/mol. The van der Waals surface area contributed by atoms with Crippen molar-refractivity contribution in [3.63, 3.8) is 0 Å². The zero-order valence-electron chi connectivity index (χ0n) is 16.0. The Bertz CT molecular complexity index is 1100. The molecule has 1 aromatic carbocycles. The molecule has 1 saturated heterocycles. The first-order valence-electron chi connectivity index (χ1n) is 9.37. The Labute approximate surface area is 169 Å². The molecular formula is C20H19F2N3O5. The minimum absolute atomic E-state index is 0.0362. The van der Waals surface area contributed by atoms with E-state index in [4.69, 9.17) is 4.74 Å². The average Bonchev–Trinajstić information content (AvgIpc) is 2.69. The van der Waals surface area contributed by atoms with Gasteiger partial charge < -0.3 is 24.6 Å². The van der Waals surface area contributed by atoms with Crippen LogP contribution in [0.5, 0.6) is 5.75 Å². The fraction of sp³-hybridized carbons (Fsp3) is 0.350. The van der Waals surface area contributed by atoms with Crippen molar-refractivity contribution in [2.75, 3.05) is 6.73 Å². The standard InChI is InChI=1S/C20H19F2N3O5/c1-10-4-13-7-24-8-14(17(26)18(27)16(24)20(29)25(13)9-30-10)19(28)23-6-11-2-3-12(21)5-15(11)22/h2-3,5,8,10,13,27H,4,6-7,9H2,1H3,(H,23,28)/t10-,13+/m0/s1. The Kier molecular flexibility index (Phi) is 5.02. The summed E-state index contributed by atoms with van der Waals surface area (Å²) in [5.41, 5.74) is -1.54. The lowest BCUT2D eigenvalue weighted by atomic mass is 10.0. The third-order valence-corrected chi connectivity index (χ3v) is 5.37. The molecule has 30 heavy (non-hydrogen) atoms. The molecule has 0 radical (unpaired) electrons. The SMILES string of the molecule is C[C@H]1C[C@@H]2Cn3cc(C(=O)NCc4ccc(F)cc4F)c(=O)c(O)c3C(=O)N2CO1. The minimum atomic E-state index is -1.00. The molecule has 2 aliphatic heterocycles. The molecule has 0 unspecified atom stereocenters. The molecule has 10 heteroatoms. The number of ether oxygens (including phenoxy) is 1. The van der Waals surface area contributed by atoms with E-state index in [-0.39, 0.29) is 48.8 Å². The van der Waals surface area contributed by atoms with Crippen molar-refractivity contribution >= 4 is 11.8 Å². The van der Waals surface area contributed by atoms with Gasteiger partial charge in [0.15, 0.2) is 11.4 Å². The first-order chi connectivity index (χ1) is 14.3. The maximum absolute atomic E-state index is 13.8. The Morgan fingerprint density at radius 1 is 1.33 bits per heavy atom.